The Morgan fingerprint density at radius 1 is 0.600 bits per heavy atom. The molecule has 1 aliphatic rings. The molecule has 20 heavy (non-hydrogen) atoms. The van der Waals surface area contributed by atoms with Crippen LogP contribution in [0.1, 0.15) is 62.3 Å². The molecular weight excluding hydrogens is 240 g/mol. The van der Waals surface area contributed by atoms with Gasteiger partial charge < -0.3 is 0 Å². The van der Waals surface area contributed by atoms with Crippen LogP contribution in [0, 0.1) is 53.3 Å². The van der Waals surface area contributed by atoms with E-state index in [1.165, 1.54) is 5.57 Å². The molecule has 0 heterocycles. The molecule has 0 heteroatoms. The van der Waals surface area contributed by atoms with Crippen molar-refractivity contribution < 1.29 is 0 Å². The van der Waals surface area contributed by atoms with Crippen LogP contribution < -0.4 is 0 Å². The van der Waals surface area contributed by atoms with Gasteiger partial charge in [-0.15, -0.1) is 0 Å². The highest BCUT2D eigenvalue weighted by molar-refractivity contribution is 5.12. The topological polar surface area (TPSA) is 0 Å². The van der Waals surface area contributed by atoms with Gasteiger partial charge in [-0.3, -0.25) is 0 Å². The molecule has 0 nitrogen and oxygen atoms in total. The predicted octanol–water partition coefficient (Wildman–Crippen LogP) is 6.28. The zero-order valence-corrected chi connectivity index (χ0v) is 15.4. The zero-order valence-electron chi connectivity index (χ0n) is 15.4. The molecule has 0 spiro atoms. The first-order chi connectivity index (χ1) is 9.11. The van der Waals surface area contributed by atoms with E-state index >= 15 is 0 Å². The van der Waals surface area contributed by atoms with Gasteiger partial charge in [-0.05, 0) is 60.2 Å². The van der Waals surface area contributed by atoms with E-state index in [9.17, 15) is 0 Å². The van der Waals surface area contributed by atoms with Gasteiger partial charge in [-0.1, -0.05) is 67.5 Å². The number of hydrogen-bond acceptors (Lipinski definition) is 0. The van der Waals surface area contributed by atoms with E-state index in [-0.39, 0.29) is 0 Å². The van der Waals surface area contributed by atoms with E-state index in [4.69, 9.17) is 0 Å². The van der Waals surface area contributed by atoms with Crippen molar-refractivity contribution in [3.63, 3.8) is 0 Å². The quantitative estimate of drug-likeness (QED) is 0.519. The van der Waals surface area contributed by atoms with Crippen LogP contribution >= 0.6 is 0 Å². The van der Waals surface area contributed by atoms with E-state index in [0.29, 0.717) is 0 Å². The zero-order chi connectivity index (χ0) is 15.8. The van der Waals surface area contributed by atoms with Crippen molar-refractivity contribution in [3.8, 4) is 0 Å². The highest BCUT2D eigenvalue weighted by Crippen LogP contribution is 2.58. The van der Waals surface area contributed by atoms with Crippen molar-refractivity contribution >= 4 is 0 Å². The van der Waals surface area contributed by atoms with Crippen molar-refractivity contribution in [2.75, 3.05) is 0 Å². The normalized spacial score (nSPS) is 34.8. The minimum Gasteiger partial charge on any atom is -0.0998 e. The average Bonchev–Trinajstić information content (AvgIpc) is 2.64. The molecule has 1 aliphatic carbocycles. The Balaban J connectivity index is 3.36. The SMILES string of the molecule is C=C(C)C1[C@@H](C(C)C)C(C(C)C)[C@@H](C(C)C)[C@H]1C(C)C. The molecule has 0 saturated heterocycles. The van der Waals surface area contributed by atoms with E-state index < -0.39 is 0 Å². The molecule has 118 valence electrons. The lowest BCUT2D eigenvalue weighted by Gasteiger charge is -2.35. The van der Waals surface area contributed by atoms with Gasteiger partial charge in [0.05, 0.1) is 0 Å². The number of hydrogen-bond donors (Lipinski definition) is 0. The molecule has 0 bridgehead atoms. The Kier molecular flexibility index (Phi) is 5.93. The van der Waals surface area contributed by atoms with Gasteiger partial charge in [0.1, 0.15) is 0 Å². The highest BCUT2D eigenvalue weighted by atomic mass is 14.6. The van der Waals surface area contributed by atoms with E-state index in [2.05, 4.69) is 68.9 Å². The van der Waals surface area contributed by atoms with Crippen molar-refractivity contribution in [3.05, 3.63) is 12.2 Å². The van der Waals surface area contributed by atoms with Crippen LogP contribution in [-0.2, 0) is 0 Å². The first-order valence-electron chi connectivity index (χ1n) is 8.76. The molecule has 1 saturated carbocycles. The molecule has 0 aromatic rings. The first kappa shape index (κ1) is 17.8. The van der Waals surface area contributed by atoms with Gasteiger partial charge in [0.25, 0.3) is 0 Å². The molecule has 0 N–H and O–H groups in total. The Morgan fingerprint density at radius 3 is 1.00 bits per heavy atom. The molecular formula is C20H38. The number of rotatable bonds is 5. The van der Waals surface area contributed by atoms with Gasteiger partial charge in [0.2, 0.25) is 0 Å². The molecule has 0 aromatic heterocycles. The summed E-state index contributed by atoms with van der Waals surface area (Å²) in [6.07, 6.45) is 0. The molecule has 0 radical (unpaired) electrons. The van der Waals surface area contributed by atoms with Crippen molar-refractivity contribution in [2.45, 2.75) is 62.3 Å². The second-order valence-electron chi connectivity index (χ2n) is 8.66. The fourth-order valence-electron chi connectivity index (χ4n) is 5.40. The van der Waals surface area contributed by atoms with E-state index in [1.54, 1.807) is 0 Å². The van der Waals surface area contributed by atoms with Gasteiger partial charge >= 0.3 is 0 Å². The van der Waals surface area contributed by atoms with Gasteiger partial charge in [0, 0.05) is 0 Å². The summed E-state index contributed by atoms with van der Waals surface area (Å²) in [6, 6.07) is 0. The molecule has 0 aliphatic heterocycles. The second kappa shape index (κ2) is 6.67. The summed E-state index contributed by atoms with van der Waals surface area (Å²) in [4.78, 5) is 0. The Morgan fingerprint density at radius 2 is 0.850 bits per heavy atom. The predicted molar refractivity (Wildman–Crippen MR) is 91.6 cm³/mol. The third kappa shape index (κ3) is 3.15. The molecule has 2 unspecified atom stereocenters. The summed E-state index contributed by atoms with van der Waals surface area (Å²) in [5.74, 6) is 7.12. The van der Waals surface area contributed by atoms with Gasteiger partial charge in [-0.25, -0.2) is 0 Å². The van der Waals surface area contributed by atoms with Crippen molar-refractivity contribution in [1.29, 1.82) is 0 Å². The molecule has 1 rings (SSSR count). The monoisotopic (exact) mass is 278 g/mol. The van der Waals surface area contributed by atoms with Crippen LogP contribution in [0.5, 0.6) is 0 Å². The fraction of sp³-hybridized carbons (Fsp3) is 0.900. The van der Waals surface area contributed by atoms with Crippen LogP contribution in [0.15, 0.2) is 12.2 Å². The summed E-state index contributed by atoms with van der Waals surface area (Å²) in [5, 5.41) is 0. The summed E-state index contributed by atoms with van der Waals surface area (Å²) in [6.45, 7) is 26.1. The number of allylic oxidation sites excluding steroid dienone is 1. The lowest BCUT2D eigenvalue weighted by atomic mass is 9.70. The van der Waals surface area contributed by atoms with Crippen LogP contribution in [0.3, 0.4) is 0 Å². The van der Waals surface area contributed by atoms with Crippen LogP contribution in [0.2, 0.25) is 0 Å². The maximum absolute atomic E-state index is 4.39. The van der Waals surface area contributed by atoms with Gasteiger partial charge in [0.15, 0.2) is 0 Å². The second-order valence-corrected chi connectivity index (χ2v) is 8.66. The standard InChI is InChI=1S/C20H38/c1-11(2)16-17(12(3)4)19(14(7)8)20(15(9)10)18(16)13(5)6/h12-20H,1H2,2-10H3/t16?,17-,18+,19-,20?/m0/s1. The Labute approximate surface area is 128 Å². The summed E-state index contributed by atoms with van der Waals surface area (Å²) >= 11 is 0. The largest absolute Gasteiger partial charge is 0.0998 e. The molecule has 1 fully saturated rings. The lowest BCUT2D eigenvalue weighted by Crippen LogP contribution is -2.29. The minimum atomic E-state index is 0.717. The Hall–Kier alpha value is -0.260. The summed E-state index contributed by atoms with van der Waals surface area (Å²) in [7, 11) is 0. The summed E-state index contributed by atoms with van der Waals surface area (Å²) in [5.41, 5.74) is 1.43. The van der Waals surface area contributed by atoms with E-state index in [0.717, 1.165) is 53.3 Å². The molecule has 0 aromatic carbocycles. The smallest absolute Gasteiger partial charge is 0.0141 e. The Bertz CT molecular complexity index is 295. The van der Waals surface area contributed by atoms with Crippen LogP contribution in [0.25, 0.3) is 0 Å². The van der Waals surface area contributed by atoms with E-state index in [1.807, 2.05) is 0 Å². The van der Waals surface area contributed by atoms with Crippen LogP contribution in [-0.4, -0.2) is 0 Å². The molecule has 0 amide bonds. The van der Waals surface area contributed by atoms with Crippen molar-refractivity contribution in [1.82, 2.24) is 0 Å². The maximum atomic E-state index is 4.39. The maximum Gasteiger partial charge on any atom is -0.0141 e. The van der Waals surface area contributed by atoms with Crippen molar-refractivity contribution in [2.24, 2.45) is 53.3 Å². The first-order valence-corrected chi connectivity index (χ1v) is 8.76. The lowest BCUT2D eigenvalue weighted by molar-refractivity contribution is 0.131. The fourth-order valence-corrected chi connectivity index (χ4v) is 5.40. The van der Waals surface area contributed by atoms with Gasteiger partial charge in [-0.2, -0.15) is 0 Å². The third-order valence-electron chi connectivity index (χ3n) is 5.81. The molecule has 5 atom stereocenters. The highest BCUT2D eigenvalue weighted by Gasteiger charge is 2.53. The minimum absolute atomic E-state index is 0.717. The van der Waals surface area contributed by atoms with Crippen LogP contribution in [0.4, 0.5) is 0 Å². The average molecular weight is 279 g/mol. The third-order valence-corrected chi connectivity index (χ3v) is 5.81. The summed E-state index contributed by atoms with van der Waals surface area (Å²) < 4.78 is 0.